The number of fused-ring (bicyclic) bond motifs is 1. The largest absolute Gasteiger partial charge is 0.707 e. The Morgan fingerprint density at radius 2 is 1.73 bits per heavy atom. The van der Waals surface area contributed by atoms with Crippen LogP contribution in [0.5, 0.6) is 11.5 Å². The van der Waals surface area contributed by atoms with Crippen LogP contribution < -0.4 is 9.39 Å². The van der Waals surface area contributed by atoms with E-state index in [2.05, 4.69) is 6.92 Å². The molecule has 0 bridgehead atoms. The Labute approximate surface area is 149 Å². The molecule has 3 rings (SSSR count). The Balaban J connectivity index is 1.97. The Morgan fingerprint density at radius 3 is 2.35 bits per heavy atom. The molecule has 0 aliphatic heterocycles. The van der Waals surface area contributed by atoms with E-state index in [-0.39, 0.29) is 28.4 Å². The Bertz CT molecular complexity index is 771. The van der Waals surface area contributed by atoms with Gasteiger partial charge in [-0.2, -0.15) is 13.2 Å². The molecule has 0 heterocycles. The predicted octanol–water partition coefficient (Wildman–Crippen LogP) is 4.16. The second-order valence-electron chi connectivity index (χ2n) is 6.76. The van der Waals surface area contributed by atoms with Crippen LogP contribution >= 0.6 is 0 Å². The van der Waals surface area contributed by atoms with E-state index < -0.39 is 19.1 Å². The van der Waals surface area contributed by atoms with E-state index in [0.29, 0.717) is 5.92 Å². The fourth-order valence-corrected chi connectivity index (χ4v) is 3.40. The van der Waals surface area contributed by atoms with Gasteiger partial charge in [-0.1, -0.05) is 19.1 Å². The molecule has 2 N–H and O–H groups in total. The highest BCUT2D eigenvalue weighted by atomic mass is 19.4. The zero-order valence-electron chi connectivity index (χ0n) is 14.3. The molecule has 0 radical (unpaired) electrons. The van der Waals surface area contributed by atoms with Gasteiger partial charge in [-0.3, -0.25) is 0 Å². The Hall–Kier alpha value is -1.93. The minimum Gasteiger partial charge on any atom is -0.512 e. The van der Waals surface area contributed by atoms with Gasteiger partial charge in [0.25, 0.3) is 0 Å². The van der Waals surface area contributed by atoms with Crippen LogP contribution in [0.3, 0.4) is 0 Å². The Kier molecular flexibility index (Phi) is 5.34. The lowest BCUT2D eigenvalue weighted by atomic mass is 9.89. The molecule has 0 aromatic heterocycles. The van der Waals surface area contributed by atoms with Crippen molar-refractivity contribution in [1.82, 2.24) is 0 Å². The maximum absolute atomic E-state index is 13.7. The SMILES string of the molecule is CC1CCC(Oc2ccc3cc(OB(O)O)ccc3c2C(F)(F)F)CC1. The molecule has 0 saturated heterocycles. The van der Waals surface area contributed by atoms with Gasteiger partial charge in [0.1, 0.15) is 17.1 Å². The van der Waals surface area contributed by atoms with Gasteiger partial charge in [0, 0.05) is 0 Å². The van der Waals surface area contributed by atoms with Crippen LogP contribution in [0.25, 0.3) is 10.8 Å². The zero-order chi connectivity index (χ0) is 18.9. The first-order valence-corrected chi connectivity index (χ1v) is 8.57. The highest BCUT2D eigenvalue weighted by molar-refractivity contribution is 6.33. The molecule has 0 spiro atoms. The Morgan fingerprint density at radius 1 is 1.04 bits per heavy atom. The molecule has 2 aromatic rings. The van der Waals surface area contributed by atoms with Gasteiger partial charge in [-0.15, -0.1) is 0 Å². The maximum atomic E-state index is 13.7. The average Bonchev–Trinajstić information content (AvgIpc) is 2.55. The van der Waals surface area contributed by atoms with Crippen LogP contribution in [-0.4, -0.2) is 23.5 Å². The van der Waals surface area contributed by atoms with E-state index in [1.54, 1.807) is 0 Å². The third kappa shape index (κ3) is 4.24. The molecule has 2 aromatic carbocycles. The van der Waals surface area contributed by atoms with E-state index in [1.165, 1.54) is 30.3 Å². The van der Waals surface area contributed by atoms with Crippen LogP contribution in [0.2, 0.25) is 0 Å². The molecule has 8 heteroatoms. The molecular formula is C18H20BF3O4. The van der Waals surface area contributed by atoms with Crippen LogP contribution in [0.1, 0.15) is 38.2 Å². The molecule has 140 valence electrons. The number of ether oxygens (including phenoxy) is 1. The summed E-state index contributed by atoms with van der Waals surface area (Å²) >= 11 is 0. The number of hydrogen-bond donors (Lipinski definition) is 2. The van der Waals surface area contributed by atoms with E-state index in [4.69, 9.17) is 19.4 Å². The monoisotopic (exact) mass is 368 g/mol. The molecular weight excluding hydrogens is 348 g/mol. The standard InChI is InChI=1S/C18H20BF3O4/c1-11-2-5-13(6-3-11)25-16-9-4-12-10-14(26-19(23)24)7-8-15(12)17(16)18(20,21)22/h4,7-11,13,23-24H,2-3,5-6H2,1H3. The van der Waals surface area contributed by atoms with Gasteiger partial charge in [0.2, 0.25) is 0 Å². The van der Waals surface area contributed by atoms with Crippen molar-refractivity contribution in [3.8, 4) is 11.5 Å². The highest BCUT2D eigenvalue weighted by Crippen LogP contribution is 2.43. The summed E-state index contributed by atoms with van der Waals surface area (Å²) < 4.78 is 51.6. The third-order valence-corrected chi connectivity index (χ3v) is 4.73. The number of benzene rings is 2. The minimum atomic E-state index is -4.57. The number of hydrogen-bond acceptors (Lipinski definition) is 4. The first-order valence-electron chi connectivity index (χ1n) is 8.57. The minimum absolute atomic E-state index is 0.0149. The summed E-state index contributed by atoms with van der Waals surface area (Å²) in [5, 5.41) is 17.9. The van der Waals surface area contributed by atoms with Crippen molar-refractivity contribution in [1.29, 1.82) is 0 Å². The molecule has 0 unspecified atom stereocenters. The van der Waals surface area contributed by atoms with Crippen molar-refractivity contribution in [2.45, 2.75) is 44.9 Å². The van der Waals surface area contributed by atoms with E-state index >= 15 is 0 Å². The summed E-state index contributed by atoms with van der Waals surface area (Å²) in [4.78, 5) is 0. The lowest BCUT2D eigenvalue weighted by Crippen LogP contribution is -2.24. The second kappa shape index (κ2) is 7.36. The molecule has 1 aliphatic rings. The molecule has 4 nitrogen and oxygen atoms in total. The summed E-state index contributed by atoms with van der Waals surface area (Å²) in [7, 11) is -2.04. The molecule has 1 fully saturated rings. The van der Waals surface area contributed by atoms with Crippen molar-refractivity contribution in [2.75, 3.05) is 0 Å². The topological polar surface area (TPSA) is 58.9 Å². The molecule has 26 heavy (non-hydrogen) atoms. The van der Waals surface area contributed by atoms with Crippen molar-refractivity contribution in [3.05, 3.63) is 35.9 Å². The van der Waals surface area contributed by atoms with E-state index in [9.17, 15) is 13.2 Å². The van der Waals surface area contributed by atoms with Gasteiger partial charge >= 0.3 is 13.5 Å². The van der Waals surface area contributed by atoms with Gasteiger partial charge in [0.05, 0.1) is 6.10 Å². The van der Waals surface area contributed by atoms with Crippen molar-refractivity contribution >= 4 is 18.1 Å². The predicted molar refractivity (Wildman–Crippen MR) is 91.8 cm³/mol. The van der Waals surface area contributed by atoms with Crippen LogP contribution in [0.15, 0.2) is 30.3 Å². The fourth-order valence-electron chi connectivity index (χ4n) is 3.40. The van der Waals surface area contributed by atoms with Gasteiger partial charge < -0.3 is 19.4 Å². The summed E-state index contributed by atoms with van der Waals surface area (Å²) in [5.41, 5.74) is -0.815. The van der Waals surface area contributed by atoms with Crippen LogP contribution in [-0.2, 0) is 6.18 Å². The fraction of sp³-hybridized carbons (Fsp3) is 0.444. The third-order valence-electron chi connectivity index (χ3n) is 4.73. The van der Waals surface area contributed by atoms with Crippen molar-refractivity contribution in [3.63, 3.8) is 0 Å². The van der Waals surface area contributed by atoms with Gasteiger partial charge in [0.15, 0.2) is 0 Å². The van der Waals surface area contributed by atoms with Crippen molar-refractivity contribution in [2.24, 2.45) is 5.92 Å². The molecule has 0 amide bonds. The number of alkyl halides is 3. The normalized spacial score (nSPS) is 20.8. The summed E-state index contributed by atoms with van der Waals surface area (Å²) in [6.07, 6.45) is -1.39. The van der Waals surface area contributed by atoms with Crippen LogP contribution in [0.4, 0.5) is 13.2 Å². The van der Waals surface area contributed by atoms with Gasteiger partial charge in [-0.05, 0) is 60.6 Å². The smallest absolute Gasteiger partial charge is 0.512 e. The van der Waals surface area contributed by atoms with Gasteiger partial charge in [-0.25, -0.2) is 0 Å². The van der Waals surface area contributed by atoms with E-state index in [0.717, 1.165) is 25.7 Å². The number of rotatable bonds is 4. The lowest BCUT2D eigenvalue weighted by Gasteiger charge is -2.28. The first kappa shape index (κ1) is 18.9. The summed E-state index contributed by atoms with van der Waals surface area (Å²) in [6, 6.07) is 6.69. The van der Waals surface area contributed by atoms with Crippen LogP contribution in [0, 0.1) is 5.92 Å². The van der Waals surface area contributed by atoms with Crippen molar-refractivity contribution < 1.29 is 32.6 Å². The first-order chi connectivity index (χ1) is 12.2. The second-order valence-corrected chi connectivity index (χ2v) is 6.76. The molecule has 1 saturated carbocycles. The highest BCUT2D eigenvalue weighted by Gasteiger charge is 2.37. The maximum Gasteiger partial charge on any atom is 0.707 e. The molecule has 1 aliphatic carbocycles. The number of halogens is 3. The summed E-state index contributed by atoms with van der Waals surface area (Å²) in [5.74, 6) is 0.477. The lowest BCUT2D eigenvalue weighted by molar-refractivity contribution is -0.138. The quantitative estimate of drug-likeness (QED) is 0.796. The molecule has 0 atom stereocenters. The summed E-state index contributed by atoms with van der Waals surface area (Å²) in [6.45, 7) is 2.14. The average molecular weight is 368 g/mol. The van der Waals surface area contributed by atoms with E-state index in [1.807, 2.05) is 0 Å². The zero-order valence-corrected chi connectivity index (χ0v) is 14.3.